The first kappa shape index (κ1) is 7.99. The van der Waals surface area contributed by atoms with Gasteiger partial charge in [-0.25, -0.2) is 0 Å². The maximum Gasteiger partial charge on any atom is 0.0299 e. The Hall–Kier alpha value is -1.11. The summed E-state index contributed by atoms with van der Waals surface area (Å²) < 4.78 is 0. The normalized spacial score (nSPS) is 10.7. The van der Waals surface area contributed by atoms with Gasteiger partial charge in [-0.05, 0) is 37.5 Å². The van der Waals surface area contributed by atoms with E-state index in [0.29, 0.717) is 0 Å². The highest BCUT2D eigenvalue weighted by atomic mass is 14.6. The zero-order valence-electron chi connectivity index (χ0n) is 7.04. The van der Waals surface area contributed by atoms with E-state index in [1.165, 1.54) is 11.1 Å². The monoisotopic (exact) mass is 147 g/mol. The average Bonchev–Trinajstić information content (AvgIpc) is 2.03. The SMILES string of the molecule is CC=CCc1ccncc1C. The van der Waals surface area contributed by atoms with Gasteiger partial charge in [-0.1, -0.05) is 12.2 Å². The molecule has 0 unspecified atom stereocenters. The molecule has 0 saturated heterocycles. The van der Waals surface area contributed by atoms with Crippen molar-refractivity contribution in [1.82, 2.24) is 4.98 Å². The van der Waals surface area contributed by atoms with Gasteiger partial charge in [0.05, 0.1) is 0 Å². The lowest BCUT2D eigenvalue weighted by Crippen LogP contribution is -1.86. The lowest BCUT2D eigenvalue weighted by molar-refractivity contribution is 1.15. The van der Waals surface area contributed by atoms with E-state index < -0.39 is 0 Å². The van der Waals surface area contributed by atoms with Crippen molar-refractivity contribution < 1.29 is 0 Å². The number of pyridine rings is 1. The van der Waals surface area contributed by atoms with Crippen molar-refractivity contribution >= 4 is 0 Å². The molecule has 0 amide bonds. The molecule has 0 radical (unpaired) electrons. The van der Waals surface area contributed by atoms with Crippen LogP contribution in [0.3, 0.4) is 0 Å². The van der Waals surface area contributed by atoms with Gasteiger partial charge >= 0.3 is 0 Å². The number of allylic oxidation sites excluding steroid dienone is 2. The molecule has 0 N–H and O–H groups in total. The highest BCUT2D eigenvalue weighted by Gasteiger charge is 1.92. The predicted octanol–water partition coefficient (Wildman–Crippen LogP) is 2.51. The van der Waals surface area contributed by atoms with Gasteiger partial charge in [-0.3, -0.25) is 4.98 Å². The van der Waals surface area contributed by atoms with E-state index in [0.717, 1.165) is 6.42 Å². The van der Waals surface area contributed by atoms with Crippen molar-refractivity contribution in [2.75, 3.05) is 0 Å². The van der Waals surface area contributed by atoms with E-state index in [9.17, 15) is 0 Å². The Morgan fingerprint density at radius 1 is 1.55 bits per heavy atom. The van der Waals surface area contributed by atoms with E-state index in [-0.39, 0.29) is 0 Å². The Bertz CT molecular complexity index is 251. The van der Waals surface area contributed by atoms with Crippen molar-refractivity contribution in [3.63, 3.8) is 0 Å². The molecule has 1 heterocycles. The highest BCUT2D eigenvalue weighted by molar-refractivity contribution is 5.23. The maximum atomic E-state index is 4.03. The molecule has 1 nitrogen and oxygen atoms in total. The van der Waals surface area contributed by atoms with Crippen molar-refractivity contribution in [2.24, 2.45) is 0 Å². The van der Waals surface area contributed by atoms with Crippen molar-refractivity contribution in [1.29, 1.82) is 0 Å². The zero-order chi connectivity index (χ0) is 8.10. The number of aryl methyl sites for hydroxylation is 1. The summed E-state index contributed by atoms with van der Waals surface area (Å²) in [4.78, 5) is 4.03. The molecule has 0 aliphatic carbocycles. The molecule has 0 fully saturated rings. The van der Waals surface area contributed by atoms with E-state index in [2.05, 4.69) is 30.1 Å². The molecule has 1 aromatic rings. The van der Waals surface area contributed by atoms with E-state index in [1.807, 2.05) is 19.3 Å². The summed E-state index contributed by atoms with van der Waals surface area (Å²) in [5.41, 5.74) is 2.63. The molecular weight excluding hydrogens is 134 g/mol. The Morgan fingerprint density at radius 3 is 3.00 bits per heavy atom. The molecule has 1 heteroatoms. The summed E-state index contributed by atoms with van der Waals surface area (Å²) in [7, 11) is 0. The van der Waals surface area contributed by atoms with Gasteiger partial charge in [0.15, 0.2) is 0 Å². The Balaban J connectivity index is 2.77. The van der Waals surface area contributed by atoms with Crippen LogP contribution in [0.4, 0.5) is 0 Å². The van der Waals surface area contributed by atoms with Gasteiger partial charge in [0.1, 0.15) is 0 Å². The lowest BCUT2D eigenvalue weighted by Gasteiger charge is -1.99. The molecule has 1 aromatic heterocycles. The molecule has 11 heavy (non-hydrogen) atoms. The summed E-state index contributed by atoms with van der Waals surface area (Å²) in [5, 5.41) is 0. The smallest absolute Gasteiger partial charge is 0.0299 e. The summed E-state index contributed by atoms with van der Waals surface area (Å²) in [5.74, 6) is 0. The van der Waals surface area contributed by atoms with Crippen molar-refractivity contribution in [3.05, 3.63) is 41.7 Å². The molecular formula is C10H13N. The number of aromatic nitrogens is 1. The van der Waals surface area contributed by atoms with Crippen LogP contribution in [0.2, 0.25) is 0 Å². The largest absolute Gasteiger partial charge is 0.264 e. The Kier molecular flexibility index (Phi) is 2.84. The van der Waals surface area contributed by atoms with Gasteiger partial charge < -0.3 is 0 Å². The van der Waals surface area contributed by atoms with Crippen LogP contribution in [0, 0.1) is 6.92 Å². The first-order valence-corrected chi connectivity index (χ1v) is 3.85. The minimum atomic E-state index is 1.02. The van der Waals surface area contributed by atoms with Crippen LogP contribution in [-0.2, 0) is 6.42 Å². The predicted molar refractivity (Wildman–Crippen MR) is 47.5 cm³/mol. The summed E-state index contributed by atoms with van der Waals surface area (Å²) in [6.07, 6.45) is 8.98. The number of rotatable bonds is 2. The number of nitrogens with zero attached hydrogens (tertiary/aromatic N) is 1. The molecule has 1 rings (SSSR count). The second-order valence-corrected chi connectivity index (χ2v) is 2.58. The fourth-order valence-corrected chi connectivity index (χ4v) is 0.976. The quantitative estimate of drug-likeness (QED) is 0.586. The summed E-state index contributed by atoms with van der Waals surface area (Å²) in [6.45, 7) is 4.13. The van der Waals surface area contributed by atoms with Gasteiger partial charge in [-0.2, -0.15) is 0 Å². The van der Waals surface area contributed by atoms with Crippen LogP contribution in [0.15, 0.2) is 30.6 Å². The standard InChI is InChI=1S/C10H13N/c1-3-4-5-10-6-7-11-8-9(10)2/h3-4,6-8H,5H2,1-2H3. The van der Waals surface area contributed by atoms with E-state index in [4.69, 9.17) is 0 Å². The first-order valence-electron chi connectivity index (χ1n) is 3.85. The Morgan fingerprint density at radius 2 is 2.36 bits per heavy atom. The minimum absolute atomic E-state index is 1.02. The molecule has 0 spiro atoms. The van der Waals surface area contributed by atoms with Crippen LogP contribution in [0.1, 0.15) is 18.1 Å². The Labute approximate surface area is 67.8 Å². The van der Waals surface area contributed by atoms with Crippen LogP contribution >= 0.6 is 0 Å². The van der Waals surface area contributed by atoms with Crippen molar-refractivity contribution in [3.8, 4) is 0 Å². The van der Waals surface area contributed by atoms with Crippen LogP contribution in [-0.4, -0.2) is 4.98 Å². The van der Waals surface area contributed by atoms with E-state index in [1.54, 1.807) is 0 Å². The van der Waals surface area contributed by atoms with Gasteiger partial charge in [-0.15, -0.1) is 0 Å². The fourth-order valence-electron chi connectivity index (χ4n) is 0.976. The number of hydrogen-bond acceptors (Lipinski definition) is 1. The summed E-state index contributed by atoms with van der Waals surface area (Å²) >= 11 is 0. The molecule has 0 saturated carbocycles. The third-order valence-electron chi connectivity index (χ3n) is 1.71. The molecule has 58 valence electrons. The molecule has 0 aromatic carbocycles. The number of hydrogen-bond donors (Lipinski definition) is 0. The first-order chi connectivity index (χ1) is 5.34. The van der Waals surface area contributed by atoms with Crippen LogP contribution < -0.4 is 0 Å². The van der Waals surface area contributed by atoms with Gasteiger partial charge in [0, 0.05) is 12.4 Å². The average molecular weight is 147 g/mol. The van der Waals surface area contributed by atoms with Crippen molar-refractivity contribution in [2.45, 2.75) is 20.3 Å². The molecule has 0 bridgehead atoms. The third kappa shape index (κ3) is 2.19. The van der Waals surface area contributed by atoms with E-state index >= 15 is 0 Å². The second-order valence-electron chi connectivity index (χ2n) is 2.58. The maximum absolute atomic E-state index is 4.03. The highest BCUT2D eigenvalue weighted by Crippen LogP contribution is 2.05. The molecule has 0 atom stereocenters. The lowest BCUT2D eigenvalue weighted by atomic mass is 10.1. The zero-order valence-corrected chi connectivity index (χ0v) is 7.04. The summed E-state index contributed by atoms with van der Waals surface area (Å²) in [6, 6.07) is 2.06. The molecule has 0 aliphatic rings. The van der Waals surface area contributed by atoms with Crippen LogP contribution in [0.5, 0.6) is 0 Å². The van der Waals surface area contributed by atoms with Crippen LogP contribution in [0.25, 0.3) is 0 Å². The third-order valence-corrected chi connectivity index (χ3v) is 1.71. The van der Waals surface area contributed by atoms with Gasteiger partial charge in [0.2, 0.25) is 0 Å². The van der Waals surface area contributed by atoms with Gasteiger partial charge in [0.25, 0.3) is 0 Å². The fraction of sp³-hybridized carbons (Fsp3) is 0.300. The minimum Gasteiger partial charge on any atom is -0.264 e. The molecule has 0 aliphatic heterocycles. The second kappa shape index (κ2) is 3.91. The topological polar surface area (TPSA) is 12.9 Å².